The van der Waals surface area contributed by atoms with Crippen molar-refractivity contribution in [3.63, 3.8) is 0 Å². The Kier molecular flexibility index (Phi) is 4.61. The molecule has 4 aromatic rings. The summed E-state index contributed by atoms with van der Waals surface area (Å²) in [4.78, 5) is 4.47. The lowest BCUT2D eigenvalue weighted by molar-refractivity contribution is 0.194. The molecule has 3 aromatic carbocycles. The van der Waals surface area contributed by atoms with E-state index in [1.807, 2.05) is 30.7 Å². The van der Waals surface area contributed by atoms with Crippen LogP contribution in [-0.4, -0.2) is 14.7 Å². The lowest BCUT2D eigenvalue weighted by Crippen LogP contribution is -2.36. The van der Waals surface area contributed by atoms with Crippen molar-refractivity contribution in [2.75, 3.05) is 0 Å². The van der Waals surface area contributed by atoms with Crippen molar-refractivity contribution >= 4 is 0 Å². The van der Waals surface area contributed by atoms with Gasteiger partial charge in [-0.15, -0.1) is 0 Å². The maximum absolute atomic E-state index is 10.0. The summed E-state index contributed by atoms with van der Waals surface area (Å²) in [5.74, 6) is 0. The van der Waals surface area contributed by atoms with E-state index in [1.54, 1.807) is 6.92 Å². The van der Waals surface area contributed by atoms with E-state index in [-0.39, 0.29) is 0 Å². The predicted molar refractivity (Wildman–Crippen MR) is 107 cm³/mol. The number of aliphatic hydroxyl groups excluding tert-OH is 1. The first-order chi connectivity index (χ1) is 13.2. The molecule has 0 amide bonds. The third-order valence-electron chi connectivity index (χ3n) is 4.99. The number of benzene rings is 3. The zero-order chi connectivity index (χ0) is 18.7. The van der Waals surface area contributed by atoms with Gasteiger partial charge in [0.2, 0.25) is 0 Å². The fraction of sp³-hybridized carbons (Fsp3) is 0.125. The van der Waals surface area contributed by atoms with E-state index < -0.39 is 11.6 Å². The Morgan fingerprint density at radius 1 is 0.741 bits per heavy atom. The van der Waals surface area contributed by atoms with E-state index in [2.05, 4.69) is 82.3 Å². The topological polar surface area (TPSA) is 38.0 Å². The highest BCUT2D eigenvalue weighted by molar-refractivity contribution is 5.50. The van der Waals surface area contributed by atoms with Gasteiger partial charge in [0.1, 0.15) is 5.54 Å². The van der Waals surface area contributed by atoms with Crippen molar-refractivity contribution in [3.8, 4) is 0 Å². The van der Waals surface area contributed by atoms with Crippen LogP contribution in [0.5, 0.6) is 0 Å². The Morgan fingerprint density at radius 3 is 1.48 bits per heavy atom. The van der Waals surface area contributed by atoms with Gasteiger partial charge in [0, 0.05) is 6.20 Å². The Hall–Kier alpha value is -3.17. The fourth-order valence-corrected chi connectivity index (χ4v) is 3.72. The average Bonchev–Trinajstić information content (AvgIpc) is 3.22. The summed E-state index contributed by atoms with van der Waals surface area (Å²) in [5, 5.41) is 10.0. The molecule has 134 valence electrons. The first-order valence-electron chi connectivity index (χ1n) is 9.12. The summed E-state index contributed by atoms with van der Waals surface area (Å²) < 4.78 is 2.11. The number of aliphatic hydroxyl groups is 1. The molecule has 0 spiro atoms. The zero-order valence-corrected chi connectivity index (χ0v) is 15.2. The van der Waals surface area contributed by atoms with Gasteiger partial charge in [-0.3, -0.25) is 0 Å². The van der Waals surface area contributed by atoms with Crippen LogP contribution >= 0.6 is 0 Å². The van der Waals surface area contributed by atoms with Gasteiger partial charge in [-0.05, 0) is 23.6 Å². The Bertz CT molecular complexity index is 896. The first-order valence-corrected chi connectivity index (χ1v) is 9.12. The van der Waals surface area contributed by atoms with E-state index in [9.17, 15) is 5.11 Å². The third-order valence-corrected chi connectivity index (χ3v) is 4.99. The van der Waals surface area contributed by atoms with Gasteiger partial charge < -0.3 is 9.67 Å². The number of nitrogens with zero attached hydrogens (tertiary/aromatic N) is 2. The summed E-state index contributed by atoms with van der Waals surface area (Å²) >= 11 is 0. The molecule has 0 aliphatic rings. The van der Waals surface area contributed by atoms with Crippen molar-refractivity contribution in [1.82, 2.24) is 9.55 Å². The van der Waals surface area contributed by atoms with Crippen LogP contribution in [-0.2, 0) is 5.54 Å². The number of hydrogen-bond acceptors (Lipinski definition) is 2. The largest absolute Gasteiger partial charge is 0.387 e. The molecule has 0 aliphatic carbocycles. The Balaban J connectivity index is 2.09. The molecule has 1 aromatic heterocycles. The highest BCUT2D eigenvalue weighted by Gasteiger charge is 2.38. The molecule has 1 heterocycles. The molecule has 0 unspecified atom stereocenters. The predicted octanol–water partition coefficient (Wildman–Crippen LogP) is 4.78. The molecule has 3 heteroatoms. The van der Waals surface area contributed by atoms with Gasteiger partial charge in [-0.25, -0.2) is 4.98 Å². The average molecular weight is 354 g/mol. The van der Waals surface area contributed by atoms with E-state index in [1.165, 1.54) is 0 Å². The normalized spacial score (nSPS) is 12.7. The molecule has 0 saturated heterocycles. The quantitative estimate of drug-likeness (QED) is 0.524. The van der Waals surface area contributed by atoms with Crippen LogP contribution in [0.3, 0.4) is 0 Å². The smallest absolute Gasteiger partial charge is 0.121 e. The maximum Gasteiger partial charge on any atom is 0.121 e. The van der Waals surface area contributed by atoms with Crippen LogP contribution < -0.4 is 0 Å². The zero-order valence-electron chi connectivity index (χ0n) is 15.2. The third kappa shape index (κ3) is 2.96. The molecule has 0 radical (unpaired) electrons. The van der Waals surface area contributed by atoms with Gasteiger partial charge >= 0.3 is 0 Å². The van der Waals surface area contributed by atoms with Gasteiger partial charge in [0.05, 0.1) is 18.1 Å². The molecule has 0 aliphatic heterocycles. The summed E-state index contributed by atoms with van der Waals surface area (Å²) in [5.41, 5.74) is 3.48. The van der Waals surface area contributed by atoms with Crippen LogP contribution in [0.2, 0.25) is 0 Å². The first kappa shape index (κ1) is 17.3. The van der Waals surface area contributed by atoms with Crippen molar-refractivity contribution in [3.05, 3.63) is 126 Å². The molecule has 3 nitrogen and oxygen atoms in total. The van der Waals surface area contributed by atoms with Crippen molar-refractivity contribution in [2.45, 2.75) is 18.6 Å². The van der Waals surface area contributed by atoms with Crippen LogP contribution in [0, 0.1) is 0 Å². The molecule has 1 N–H and O–H groups in total. The molecule has 1 atom stereocenters. The maximum atomic E-state index is 10.0. The molecular weight excluding hydrogens is 332 g/mol. The SMILES string of the molecule is C[C@H](O)c1cn(C(c2ccccc2)(c2ccccc2)c2ccccc2)cn1. The second-order valence-corrected chi connectivity index (χ2v) is 6.69. The molecule has 0 saturated carbocycles. The Labute approximate surface area is 159 Å². The van der Waals surface area contributed by atoms with E-state index in [0.29, 0.717) is 5.69 Å². The van der Waals surface area contributed by atoms with Gasteiger partial charge in [0.15, 0.2) is 0 Å². The van der Waals surface area contributed by atoms with Crippen LogP contribution in [0.1, 0.15) is 35.4 Å². The minimum Gasteiger partial charge on any atom is -0.387 e. The Morgan fingerprint density at radius 2 is 1.15 bits per heavy atom. The summed E-state index contributed by atoms with van der Waals surface area (Å²) in [6.45, 7) is 1.74. The van der Waals surface area contributed by atoms with E-state index >= 15 is 0 Å². The molecule has 4 rings (SSSR count). The monoisotopic (exact) mass is 354 g/mol. The molecular formula is C24H22N2O. The van der Waals surface area contributed by atoms with Gasteiger partial charge in [-0.1, -0.05) is 91.0 Å². The lowest BCUT2D eigenvalue weighted by Gasteiger charge is -2.37. The van der Waals surface area contributed by atoms with E-state index in [4.69, 9.17) is 0 Å². The van der Waals surface area contributed by atoms with Gasteiger partial charge in [0.25, 0.3) is 0 Å². The van der Waals surface area contributed by atoms with Crippen molar-refractivity contribution in [1.29, 1.82) is 0 Å². The fourth-order valence-electron chi connectivity index (χ4n) is 3.72. The van der Waals surface area contributed by atoms with Crippen LogP contribution in [0.4, 0.5) is 0 Å². The van der Waals surface area contributed by atoms with E-state index in [0.717, 1.165) is 16.7 Å². The van der Waals surface area contributed by atoms with Crippen molar-refractivity contribution in [2.24, 2.45) is 0 Å². The number of imidazole rings is 1. The van der Waals surface area contributed by atoms with Gasteiger partial charge in [-0.2, -0.15) is 0 Å². The lowest BCUT2D eigenvalue weighted by atomic mass is 9.77. The second kappa shape index (κ2) is 7.22. The molecule has 0 fully saturated rings. The van der Waals surface area contributed by atoms with Crippen LogP contribution in [0.15, 0.2) is 104 Å². The summed E-state index contributed by atoms with van der Waals surface area (Å²) in [7, 11) is 0. The number of rotatable bonds is 5. The molecule has 27 heavy (non-hydrogen) atoms. The highest BCUT2D eigenvalue weighted by Crippen LogP contribution is 2.40. The minimum atomic E-state index is -0.619. The summed E-state index contributed by atoms with van der Waals surface area (Å²) in [6, 6.07) is 31.3. The second-order valence-electron chi connectivity index (χ2n) is 6.69. The van der Waals surface area contributed by atoms with Crippen molar-refractivity contribution < 1.29 is 5.11 Å². The summed E-state index contributed by atoms with van der Waals surface area (Å²) in [6.07, 6.45) is 3.14. The minimum absolute atomic E-state index is 0.579. The number of aromatic nitrogens is 2. The standard InChI is InChI=1S/C24H22N2O/c1-19(27)23-17-26(18-25-23)24(20-11-5-2-6-12-20,21-13-7-3-8-14-21)22-15-9-4-10-16-22/h2-19,27H,1H3/t19-/m0/s1. The van der Waals surface area contributed by atoms with Crippen LogP contribution in [0.25, 0.3) is 0 Å². The number of hydrogen-bond donors (Lipinski definition) is 1. The molecule has 0 bridgehead atoms. The highest BCUT2D eigenvalue weighted by atomic mass is 16.3.